The first kappa shape index (κ1) is 30.3. The zero-order valence-electron chi connectivity index (χ0n) is 23.7. The molecule has 0 saturated carbocycles. The molecule has 12 nitrogen and oxygen atoms in total. The number of aromatic nitrogens is 2. The quantitative estimate of drug-likeness (QED) is 0.187. The monoisotopic (exact) mass is 618 g/mol. The number of imidazole rings is 1. The number of benzene rings is 3. The minimum Gasteiger partial charge on any atom is -0.475 e. The van der Waals surface area contributed by atoms with Crippen LogP contribution in [0.15, 0.2) is 84.7 Å². The van der Waals surface area contributed by atoms with E-state index in [-0.39, 0.29) is 13.4 Å². The average molecular weight is 619 g/mol. The van der Waals surface area contributed by atoms with Crippen molar-refractivity contribution in [2.75, 3.05) is 6.79 Å². The Morgan fingerprint density at radius 2 is 1.89 bits per heavy atom. The van der Waals surface area contributed by atoms with Crippen LogP contribution in [0.4, 0.5) is 0 Å². The van der Waals surface area contributed by atoms with Gasteiger partial charge in [0.15, 0.2) is 11.5 Å². The molecule has 13 heteroatoms. The van der Waals surface area contributed by atoms with E-state index in [2.05, 4.69) is 20.2 Å². The van der Waals surface area contributed by atoms with Crippen LogP contribution in [-0.2, 0) is 32.7 Å². The number of carbonyl (C=O) groups is 2. The number of aryl methyl sites for hydroxylation is 1. The number of hydrogen-bond donors (Lipinski definition) is 3. The van der Waals surface area contributed by atoms with Crippen molar-refractivity contribution in [1.29, 1.82) is 0 Å². The van der Waals surface area contributed by atoms with E-state index in [0.717, 1.165) is 5.41 Å². The summed E-state index contributed by atoms with van der Waals surface area (Å²) in [6, 6.07) is 18.3. The van der Waals surface area contributed by atoms with Crippen LogP contribution in [0.2, 0.25) is 0 Å². The molecule has 2 heterocycles. The Morgan fingerprint density at radius 1 is 1.07 bits per heavy atom. The van der Waals surface area contributed by atoms with Crippen LogP contribution in [0.1, 0.15) is 52.2 Å². The molecule has 0 aliphatic carbocycles. The summed E-state index contributed by atoms with van der Waals surface area (Å²) in [5.74, 6) is -0.209. The Bertz CT molecular complexity index is 1740. The molecule has 228 valence electrons. The molecule has 1 aromatic heterocycles. The number of fused-ring (bicyclic) bond motifs is 1. The Hall–Kier alpha value is -5.14. The third-order valence-corrected chi connectivity index (χ3v) is 7.43. The highest BCUT2D eigenvalue weighted by Crippen LogP contribution is 2.36. The topological polar surface area (TPSA) is 158 Å². The van der Waals surface area contributed by atoms with Crippen molar-refractivity contribution in [2.45, 2.75) is 32.5 Å². The third kappa shape index (κ3) is 7.82. The minimum absolute atomic E-state index is 0.0188. The van der Waals surface area contributed by atoms with Gasteiger partial charge in [-0.25, -0.2) is 23.6 Å². The summed E-state index contributed by atoms with van der Waals surface area (Å²) in [5.41, 5.74) is 5.01. The van der Waals surface area contributed by atoms with Crippen molar-refractivity contribution in [3.8, 4) is 17.2 Å². The number of nitrogens with one attached hydrogen (secondary N) is 3. The molecule has 3 aromatic carbocycles. The molecule has 1 atom stereocenters. The zero-order chi connectivity index (χ0) is 30.9. The van der Waals surface area contributed by atoms with Crippen molar-refractivity contribution in [3.05, 3.63) is 113 Å². The number of hydrogen-bond acceptors (Lipinski definition) is 9. The van der Waals surface area contributed by atoms with E-state index < -0.39 is 27.9 Å². The van der Waals surface area contributed by atoms with Crippen LogP contribution in [-0.4, -0.2) is 37.0 Å². The highest BCUT2D eigenvalue weighted by atomic mass is 32.2. The number of rotatable bonds is 13. The van der Waals surface area contributed by atoms with E-state index in [0.29, 0.717) is 58.0 Å². The van der Waals surface area contributed by atoms with Gasteiger partial charge < -0.3 is 19.2 Å². The molecule has 4 aromatic rings. The van der Waals surface area contributed by atoms with Gasteiger partial charge in [-0.15, -0.1) is 0 Å². The summed E-state index contributed by atoms with van der Waals surface area (Å²) in [6.45, 7) is 2.08. The van der Waals surface area contributed by atoms with Crippen molar-refractivity contribution in [3.63, 3.8) is 0 Å². The fourth-order valence-electron chi connectivity index (χ4n) is 4.34. The molecule has 3 N–H and O–H groups in total. The molecule has 5 rings (SSSR count). The van der Waals surface area contributed by atoms with Crippen molar-refractivity contribution >= 4 is 27.9 Å². The molecule has 1 aliphatic rings. The molecular weight excluding hydrogens is 588 g/mol. The van der Waals surface area contributed by atoms with E-state index in [1.165, 1.54) is 18.5 Å². The van der Waals surface area contributed by atoms with Gasteiger partial charge in [0.05, 0.1) is 23.6 Å². The molecule has 1 aliphatic heterocycles. The molecule has 0 spiro atoms. The molecule has 1 unspecified atom stereocenters. The van der Waals surface area contributed by atoms with Crippen molar-refractivity contribution < 1.29 is 37.1 Å². The molecular formula is C31H30N4O8S. The van der Waals surface area contributed by atoms with Gasteiger partial charge in [-0.2, -0.15) is 0 Å². The van der Waals surface area contributed by atoms with Gasteiger partial charge in [-0.05, 0) is 54.0 Å². The van der Waals surface area contributed by atoms with Gasteiger partial charge in [0.1, 0.15) is 12.4 Å². The zero-order valence-corrected chi connectivity index (χ0v) is 24.5. The van der Waals surface area contributed by atoms with Gasteiger partial charge >= 0.3 is 0 Å². The van der Waals surface area contributed by atoms with Gasteiger partial charge in [0, 0.05) is 11.1 Å². The Balaban J connectivity index is 1.38. The molecule has 44 heavy (non-hydrogen) atoms. The molecule has 2 amide bonds. The van der Waals surface area contributed by atoms with Gasteiger partial charge in [-0.3, -0.25) is 14.4 Å². The standard InChI is InChI=1S/C31H30N4O8S/c1-2-6-22-15-24(30(36)34-42-18-25-17-32-19-33-25)10-11-26(22)43-29(23-9-12-27-28(16-23)41-20-40-27)31(37)35-44(38,39)14-13-21-7-4-3-5-8-21/h3-5,7-17,19,29H,2,6,18,20H2,1H3,(H,32,33)(H,34,36)(H,35,37)/b14-13+. The van der Waals surface area contributed by atoms with Crippen molar-refractivity contribution in [2.24, 2.45) is 0 Å². The SMILES string of the molecule is CCCc1cc(C(=O)NOCc2cnc[nH]2)ccc1OC(C(=O)NS(=O)(=O)/C=C/c1ccccc1)c1ccc2c(c1)OCO2. The number of nitrogens with zero attached hydrogens (tertiary/aromatic N) is 1. The predicted molar refractivity (Wildman–Crippen MR) is 160 cm³/mol. The second-order valence-electron chi connectivity index (χ2n) is 9.70. The minimum atomic E-state index is -4.19. The van der Waals surface area contributed by atoms with E-state index in [4.69, 9.17) is 19.0 Å². The lowest BCUT2D eigenvalue weighted by Gasteiger charge is -2.21. The maximum atomic E-state index is 13.5. The highest BCUT2D eigenvalue weighted by Gasteiger charge is 2.29. The fraction of sp³-hybridized carbons (Fsp3) is 0.194. The van der Waals surface area contributed by atoms with E-state index >= 15 is 0 Å². The van der Waals surface area contributed by atoms with Crippen LogP contribution in [0, 0.1) is 0 Å². The van der Waals surface area contributed by atoms with Crippen LogP contribution < -0.4 is 24.4 Å². The van der Waals surface area contributed by atoms with Crippen LogP contribution >= 0.6 is 0 Å². The lowest BCUT2D eigenvalue weighted by Crippen LogP contribution is -2.36. The maximum absolute atomic E-state index is 13.5. The summed E-state index contributed by atoms with van der Waals surface area (Å²) in [5, 5.41) is 0.918. The van der Waals surface area contributed by atoms with Crippen LogP contribution in [0.3, 0.4) is 0 Å². The first-order valence-corrected chi connectivity index (χ1v) is 15.2. The highest BCUT2D eigenvalue weighted by molar-refractivity contribution is 7.93. The number of H-pyrrole nitrogens is 1. The van der Waals surface area contributed by atoms with Crippen LogP contribution in [0.25, 0.3) is 6.08 Å². The Kier molecular flexibility index (Phi) is 9.57. The number of ether oxygens (including phenoxy) is 3. The lowest BCUT2D eigenvalue weighted by molar-refractivity contribution is -0.126. The normalized spacial score (nSPS) is 13.0. The molecule has 0 bridgehead atoms. The van der Waals surface area contributed by atoms with Crippen molar-refractivity contribution in [1.82, 2.24) is 20.2 Å². The summed E-state index contributed by atoms with van der Waals surface area (Å²) < 4.78 is 44.9. The summed E-state index contributed by atoms with van der Waals surface area (Å²) in [6.07, 6.45) is 4.29. The average Bonchev–Trinajstić information content (AvgIpc) is 3.72. The number of aromatic amines is 1. The third-order valence-electron chi connectivity index (χ3n) is 6.45. The predicted octanol–water partition coefficient (Wildman–Crippen LogP) is 4.19. The van der Waals surface area contributed by atoms with Gasteiger partial charge in [0.2, 0.25) is 12.9 Å². The number of sulfonamides is 1. The number of hydroxylamine groups is 1. The first-order chi connectivity index (χ1) is 21.3. The number of carbonyl (C=O) groups excluding carboxylic acids is 2. The molecule has 0 radical (unpaired) electrons. The number of amides is 2. The Labute approximate surface area is 254 Å². The Morgan fingerprint density at radius 3 is 2.66 bits per heavy atom. The smallest absolute Gasteiger partial charge is 0.279 e. The fourth-order valence-corrected chi connectivity index (χ4v) is 5.13. The van der Waals surface area contributed by atoms with Gasteiger partial charge in [-0.1, -0.05) is 49.7 Å². The second-order valence-corrected chi connectivity index (χ2v) is 11.3. The summed E-state index contributed by atoms with van der Waals surface area (Å²) in [4.78, 5) is 38.3. The molecule has 0 fully saturated rings. The molecule has 0 saturated heterocycles. The largest absolute Gasteiger partial charge is 0.475 e. The van der Waals surface area contributed by atoms with E-state index in [1.54, 1.807) is 60.8 Å². The van der Waals surface area contributed by atoms with Gasteiger partial charge in [0.25, 0.3) is 21.8 Å². The summed E-state index contributed by atoms with van der Waals surface area (Å²) in [7, 11) is -4.19. The second kappa shape index (κ2) is 13.9. The van der Waals surface area contributed by atoms with Crippen LogP contribution in [0.5, 0.6) is 17.2 Å². The maximum Gasteiger partial charge on any atom is 0.279 e. The van der Waals surface area contributed by atoms with E-state index in [1.807, 2.05) is 13.0 Å². The summed E-state index contributed by atoms with van der Waals surface area (Å²) >= 11 is 0. The van der Waals surface area contributed by atoms with E-state index in [9.17, 15) is 18.0 Å². The lowest BCUT2D eigenvalue weighted by atomic mass is 10.0. The first-order valence-electron chi connectivity index (χ1n) is 13.7.